The van der Waals surface area contributed by atoms with Crippen LogP contribution in [0.4, 0.5) is 0 Å². The summed E-state index contributed by atoms with van der Waals surface area (Å²) in [4.78, 5) is 21.7. The molecule has 0 saturated carbocycles. The van der Waals surface area contributed by atoms with Gasteiger partial charge < -0.3 is 14.6 Å². The molecule has 1 atom stereocenters. The van der Waals surface area contributed by atoms with Gasteiger partial charge in [-0.2, -0.15) is 5.10 Å². The number of H-pyrrole nitrogens is 1. The number of nitrogens with one attached hydrogen (secondary N) is 1. The molecule has 0 radical (unpaired) electrons. The van der Waals surface area contributed by atoms with E-state index in [9.17, 15) is 4.79 Å². The van der Waals surface area contributed by atoms with E-state index in [0.717, 1.165) is 23.1 Å². The van der Waals surface area contributed by atoms with Gasteiger partial charge in [0.25, 0.3) is 5.91 Å². The van der Waals surface area contributed by atoms with Crippen molar-refractivity contribution in [1.82, 2.24) is 25.1 Å². The fraction of sp³-hybridized carbons (Fsp3) is 0.294. The van der Waals surface area contributed by atoms with E-state index >= 15 is 0 Å². The lowest BCUT2D eigenvalue weighted by Gasteiger charge is -2.17. The number of carbonyl (C=O) groups is 1. The summed E-state index contributed by atoms with van der Waals surface area (Å²) in [5.41, 5.74) is 3.22. The van der Waals surface area contributed by atoms with Crippen LogP contribution < -0.4 is 4.74 Å². The molecule has 24 heavy (non-hydrogen) atoms. The number of benzene rings is 1. The van der Waals surface area contributed by atoms with Gasteiger partial charge in [-0.3, -0.25) is 4.79 Å². The van der Waals surface area contributed by atoms with Crippen molar-refractivity contribution in [1.29, 1.82) is 0 Å². The molecule has 1 aliphatic heterocycles. The molecule has 3 heterocycles. The maximum Gasteiger partial charge on any atom is 0.254 e. The Bertz CT molecular complexity index is 874. The Balaban J connectivity index is 1.43. The second-order valence-electron chi connectivity index (χ2n) is 5.93. The van der Waals surface area contributed by atoms with Crippen LogP contribution in [0.5, 0.6) is 5.88 Å². The number of imidazole rings is 1. The summed E-state index contributed by atoms with van der Waals surface area (Å²) >= 11 is 0. The highest BCUT2D eigenvalue weighted by Crippen LogP contribution is 2.20. The van der Waals surface area contributed by atoms with Crippen LogP contribution in [0, 0.1) is 6.92 Å². The lowest BCUT2D eigenvalue weighted by Crippen LogP contribution is -2.31. The maximum absolute atomic E-state index is 12.7. The molecule has 0 bridgehead atoms. The third kappa shape index (κ3) is 2.80. The first kappa shape index (κ1) is 14.6. The highest BCUT2D eigenvalue weighted by Gasteiger charge is 2.28. The highest BCUT2D eigenvalue weighted by atomic mass is 16.5. The number of hydrogen-bond acceptors (Lipinski definition) is 5. The molecule has 1 N–H and O–H groups in total. The monoisotopic (exact) mass is 323 g/mol. The third-order valence-corrected chi connectivity index (χ3v) is 4.16. The van der Waals surface area contributed by atoms with Gasteiger partial charge in [0, 0.05) is 24.6 Å². The summed E-state index contributed by atoms with van der Waals surface area (Å²) in [5.74, 6) is 0.506. The summed E-state index contributed by atoms with van der Waals surface area (Å²) in [6.45, 7) is 3.10. The van der Waals surface area contributed by atoms with Gasteiger partial charge in [0.15, 0.2) is 0 Å². The molecule has 122 valence electrons. The Labute approximate surface area is 138 Å². The largest absolute Gasteiger partial charge is 0.471 e. The molecule has 0 unspecified atom stereocenters. The van der Waals surface area contributed by atoms with Crippen molar-refractivity contribution >= 4 is 16.9 Å². The Morgan fingerprint density at radius 2 is 2.21 bits per heavy atom. The summed E-state index contributed by atoms with van der Waals surface area (Å²) < 4.78 is 5.82. The van der Waals surface area contributed by atoms with Gasteiger partial charge in [0.2, 0.25) is 5.88 Å². The summed E-state index contributed by atoms with van der Waals surface area (Å²) in [6, 6.07) is 9.17. The number of nitrogens with zero attached hydrogens (tertiary/aromatic N) is 4. The predicted molar refractivity (Wildman–Crippen MR) is 87.8 cm³/mol. The number of ether oxygens (including phenoxy) is 1. The Morgan fingerprint density at radius 3 is 3.04 bits per heavy atom. The Hall–Kier alpha value is -2.96. The van der Waals surface area contributed by atoms with Gasteiger partial charge in [-0.1, -0.05) is 0 Å². The van der Waals surface area contributed by atoms with Crippen LogP contribution in [0.2, 0.25) is 0 Å². The maximum atomic E-state index is 12.7. The van der Waals surface area contributed by atoms with Gasteiger partial charge in [-0.15, -0.1) is 5.10 Å². The van der Waals surface area contributed by atoms with Crippen molar-refractivity contribution in [3.05, 3.63) is 47.9 Å². The van der Waals surface area contributed by atoms with Gasteiger partial charge in [-0.05, 0) is 31.2 Å². The number of amides is 1. The molecule has 0 aliphatic carbocycles. The number of carbonyl (C=O) groups excluding carboxylic acids is 1. The van der Waals surface area contributed by atoms with E-state index in [1.54, 1.807) is 12.4 Å². The zero-order chi connectivity index (χ0) is 16.5. The zero-order valence-electron chi connectivity index (χ0n) is 13.3. The van der Waals surface area contributed by atoms with Crippen molar-refractivity contribution in [2.45, 2.75) is 19.4 Å². The molecule has 7 nitrogen and oxygen atoms in total. The van der Waals surface area contributed by atoms with Crippen molar-refractivity contribution in [2.24, 2.45) is 0 Å². The van der Waals surface area contributed by atoms with Gasteiger partial charge in [-0.25, -0.2) is 4.98 Å². The van der Waals surface area contributed by atoms with Crippen LogP contribution in [0.3, 0.4) is 0 Å². The second kappa shape index (κ2) is 5.92. The molecule has 3 aromatic rings. The number of aromatic amines is 1. The molecule has 1 aliphatic rings. The van der Waals surface area contributed by atoms with Gasteiger partial charge in [0.1, 0.15) is 6.10 Å². The minimum absolute atomic E-state index is 0.00703. The van der Waals surface area contributed by atoms with Crippen LogP contribution in [0.15, 0.2) is 36.7 Å². The number of fused-ring (bicyclic) bond motifs is 1. The first-order valence-corrected chi connectivity index (χ1v) is 7.88. The first-order chi connectivity index (χ1) is 11.7. The van der Waals surface area contributed by atoms with E-state index in [1.807, 2.05) is 36.1 Å². The van der Waals surface area contributed by atoms with Crippen LogP contribution in [0.1, 0.15) is 22.5 Å². The van der Waals surface area contributed by atoms with Crippen LogP contribution in [-0.4, -0.2) is 50.2 Å². The number of rotatable bonds is 3. The third-order valence-electron chi connectivity index (χ3n) is 4.16. The minimum atomic E-state index is -0.0539. The summed E-state index contributed by atoms with van der Waals surface area (Å²) in [7, 11) is 0. The number of aryl methyl sites for hydroxylation is 1. The normalized spacial score (nSPS) is 17.4. The lowest BCUT2D eigenvalue weighted by molar-refractivity contribution is 0.0771. The van der Waals surface area contributed by atoms with E-state index in [0.29, 0.717) is 24.5 Å². The smallest absolute Gasteiger partial charge is 0.254 e. The standard InChI is InChI=1S/C17H17N5O2/c1-11-2-5-16(21-20-11)24-13-6-7-22(9-13)17(23)12-3-4-14-15(8-12)19-10-18-14/h2-5,8,10,13H,6-7,9H2,1H3,(H,18,19)/t13-/m1/s1. The van der Waals surface area contributed by atoms with Crippen molar-refractivity contribution in [2.75, 3.05) is 13.1 Å². The van der Waals surface area contributed by atoms with Gasteiger partial charge in [0.05, 0.1) is 29.6 Å². The molecular formula is C17H17N5O2. The zero-order valence-corrected chi connectivity index (χ0v) is 13.3. The van der Waals surface area contributed by atoms with Crippen LogP contribution >= 0.6 is 0 Å². The molecule has 1 saturated heterocycles. The van der Waals surface area contributed by atoms with E-state index in [1.165, 1.54) is 0 Å². The fourth-order valence-electron chi connectivity index (χ4n) is 2.88. The molecule has 1 fully saturated rings. The van der Waals surface area contributed by atoms with Crippen molar-refractivity contribution < 1.29 is 9.53 Å². The van der Waals surface area contributed by atoms with Crippen molar-refractivity contribution in [3.8, 4) is 5.88 Å². The molecule has 2 aromatic heterocycles. The quantitative estimate of drug-likeness (QED) is 0.796. The average Bonchev–Trinajstić information content (AvgIpc) is 3.24. The molecule has 0 spiro atoms. The highest BCUT2D eigenvalue weighted by molar-refractivity contribution is 5.97. The van der Waals surface area contributed by atoms with E-state index in [4.69, 9.17) is 4.74 Å². The SMILES string of the molecule is Cc1ccc(O[C@@H]2CCN(C(=O)c3ccc4nc[nH]c4c3)C2)nn1. The molecule has 1 amide bonds. The average molecular weight is 323 g/mol. The number of likely N-dealkylation sites (tertiary alicyclic amines) is 1. The van der Waals surface area contributed by atoms with E-state index < -0.39 is 0 Å². The lowest BCUT2D eigenvalue weighted by atomic mass is 10.2. The van der Waals surface area contributed by atoms with Crippen LogP contribution in [0.25, 0.3) is 11.0 Å². The number of hydrogen-bond donors (Lipinski definition) is 1. The molecule has 1 aromatic carbocycles. The van der Waals surface area contributed by atoms with Crippen molar-refractivity contribution in [3.63, 3.8) is 0 Å². The van der Waals surface area contributed by atoms with E-state index in [-0.39, 0.29) is 12.0 Å². The Morgan fingerprint density at radius 1 is 1.29 bits per heavy atom. The fourth-order valence-corrected chi connectivity index (χ4v) is 2.88. The first-order valence-electron chi connectivity index (χ1n) is 7.88. The van der Waals surface area contributed by atoms with E-state index in [2.05, 4.69) is 20.2 Å². The minimum Gasteiger partial charge on any atom is -0.471 e. The Kier molecular flexibility index (Phi) is 3.60. The molecule has 7 heteroatoms. The predicted octanol–water partition coefficient (Wildman–Crippen LogP) is 1.95. The summed E-state index contributed by atoms with van der Waals surface area (Å²) in [5, 5.41) is 7.99. The topological polar surface area (TPSA) is 84.0 Å². The number of aromatic nitrogens is 4. The molecule has 4 rings (SSSR count). The molecular weight excluding hydrogens is 306 g/mol. The summed E-state index contributed by atoms with van der Waals surface area (Å²) in [6.07, 6.45) is 2.36. The second-order valence-corrected chi connectivity index (χ2v) is 5.93. The van der Waals surface area contributed by atoms with Crippen LogP contribution in [-0.2, 0) is 0 Å². The van der Waals surface area contributed by atoms with Gasteiger partial charge >= 0.3 is 0 Å².